The number of amides is 2. The zero-order valence-corrected chi connectivity index (χ0v) is 10.2. The molecule has 0 aromatic rings. The van der Waals surface area contributed by atoms with Gasteiger partial charge in [-0.3, -0.25) is 14.4 Å². The van der Waals surface area contributed by atoms with Crippen molar-refractivity contribution >= 4 is 23.8 Å². The minimum Gasteiger partial charge on any atom is -0.481 e. The topological polar surface area (TPSA) is 173 Å². The number of carboxylic acid groups (broad SMARTS) is 2. The Hall–Kier alpha value is -2.16. The Morgan fingerprint density at radius 2 is 1.63 bits per heavy atom. The minimum atomic E-state index is -1.32. The van der Waals surface area contributed by atoms with Gasteiger partial charge in [0.15, 0.2) is 0 Å². The van der Waals surface area contributed by atoms with Crippen molar-refractivity contribution in [1.29, 1.82) is 0 Å². The van der Waals surface area contributed by atoms with E-state index >= 15 is 0 Å². The van der Waals surface area contributed by atoms with E-state index in [-0.39, 0.29) is 25.7 Å². The Morgan fingerprint density at radius 3 is 2.05 bits per heavy atom. The number of primary amides is 1. The van der Waals surface area contributed by atoms with E-state index in [1.54, 1.807) is 0 Å². The van der Waals surface area contributed by atoms with Gasteiger partial charge in [0.2, 0.25) is 11.8 Å². The van der Waals surface area contributed by atoms with Crippen LogP contribution in [-0.2, 0) is 19.2 Å². The van der Waals surface area contributed by atoms with Gasteiger partial charge in [0.1, 0.15) is 6.04 Å². The average molecular weight is 275 g/mol. The molecule has 0 bridgehead atoms. The van der Waals surface area contributed by atoms with E-state index in [1.165, 1.54) is 0 Å². The molecule has 2 amide bonds. The zero-order valence-electron chi connectivity index (χ0n) is 10.2. The molecule has 0 spiro atoms. The van der Waals surface area contributed by atoms with Gasteiger partial charge in [0.05, 0.1) is 6.04 Å². The van der Waals surface area contributed by atoms with Crippen molar-refractivity contribution in [3.63, 3.8) is 0 Å². The molecule has 19 heavy (non-hydrogen) atoms. The van der Waals surface area contributed by atoms with Crippen LogP contribution in [0.3, 0.4) is 0 Å². The number of carbonyl (C=O) groups is 4. The van der Waals surface area contributed by atoms with Gasteiger partial charge in [-0.1, -0.05) is 0 Å². The minimum absolute atomic E-state index is 0.108. The van der Waals surface area contributed by atoms with Crippen LogP contribution < -0.4 is 16.8 Å². The number of carbonyl (C=O) groups excluding carboxylic acids is 2. The normalized spacial score (nSPS) is 13.3. The second-order valence-electron chi connectivity index (χ2n) is 3.94. The summed E-state index contributed by atoms with van der Waals surface area (Å²) in [5.41, 5.74) is 10.3. The molecular weight excluding hydrogens is 258 g/mol. The molecular formula is C10H17N3O6. The Balaban J connectivity index is 4.33. The van der Waals surface area contributed by atoms with Crippen molar-refractivity contribution in [2.45, 2.75) is 37.8 Å². The molecule has 2 atom stereocenters. The highest BCUT2D eigenvalue weighted by Crippen LogP contribution is 2.00. The fourth-order valence-electron chi connectivity index (χ4n) is 1.23. The Labute approximate surface area is 108 Å². The lowest BCUT2D eigenvalue weighted by Crippen LogP contribution is -2.48. The maximum Gasteiger partial charge on any atom is 0.326 e. The van der Waals surface area contributed by atoms with E-state index in [1.807, 2.05) is 0 Å². The van der Waals surface area contributed by atoms with E-state index in [9.17, 15) is 19.2 Å². The first-order valence-corrected chi connectivity index (χ1v) is 5.53. The van der Waals surface area contributed by atoms with Crippen LogP contribution in [-0.4, -0.2) is 46.0 Å². The lowest BCUT2D eigenvalue weighted by atomic mass is 10.1. The van der Waals surface area contributed by atoms with E-state index in [0.29, 0.717) is 0 Å². The summed E-state index contributed by atoms with van der Waals surface area (Å²) in [5.74, 6) is -3.89. The van der Waals surface area contributed by atoms with Gasteiger partial charge >= 0.3 is 11.9 Å². The Bertz CT molecular complexity index is 370. The fourth-order valence-corrected chi connectivity index (χ4v) is 1.23. The second-order valence-corrected chi connectivity index (χ2v) is 3.94. The average Bonchev–Trinajstić information content (AvgIpc) is 2.30. The highest BCUT2D eigenvalue weighted by atomic mass is 16.4. The predicted octanol–water partition coefficient (Wildman–Crippen LogP) is -1.99. The highest BCUT2D eigenvalue weighted by molar-refractivity contribution is 5.87. The summed E-state index contributed by atoms with van der Waals surface area (Å²) in [5, 5.41) is 19.4. The third kappa shape index (κ3) is 7.71. The Kier molecular flexibility index (Phi) is 7.12. The third-order valence-corrected chi connectivity index (χ3v) is 2.30. The molecule has 0 radical (unpaired) electrons. The summed E-state index contributed by atoms with van der Waals surface area (Å²) in [7, 11) is 0. The molecule has 0 rings (SSSR count). The summed E-state index contributed by atoms with van der Waals surface area (Å²) in [6, 6.07) is -2.40. The van der Waals surface area contributed by atoms with Crippen LogP contribution in [0.15, 0.2) is 0 Å². The molecule has 0 aromatic carbocycles. The molecule has 9 heteroatoms. The summed E-state index contributed by atoms with van der Waals surface area (Å²) in [4.78, 5) is 43.2. The summed E-state index contributed by atoms with van der Waals surface area (Å²) >= 11 is 0. The third-order valence-electron chi connectivity index (χ3n) is 2.30. The summed E-state index contributed by atoms with van der Waals surface area (Å²) < 4.78 is 0. The first-order valence-electron chi connectivity index (χ1n) is 5.53. The van der Waals surface area contributed by atoms with Gasteiger partial charge < -0.3 is 27.0 Å². The largest absolute Gasteiger partial charge is 0.481 e. The number of carboxylic acids is 2. The fraction of sp³-hybridized carbons (Fsp3) is 0.600. The smallest absolute Gasteiger partial charge is 0.326 e. The number of hydrogen-bond donors (Lipinski definition) is 5. The number of rotatable bonds is 9. The first kappa shape index (κ1) is 16.8. The van der Waals surface area contributed by atoms with Gasteiger partial charge in [-0.15, -0.1) is 0 Å². The molecule has 0 aliphatic carbocycles. The van der Waals surface area contributed by atoms with Crippen LogP contribution >= 0.6 is 0 Å². The second kappa shape index (κ2) is 8.03. The summed E-state index contributed by atoms with van der Waals surface area (Å²) in [6.07, 6.45) is -0.749. The molecule has 0 saturated carbocycles. The number of nitrogens with one attached hydrogen (secondary N) is 1. The van der Waals surface area contributed by atoms with E-state index in [2.05, 4.69) is 5.32 Å². The van der Waals surface area contributed by atoms with Gasteiger partial charge in [0, 0.05) is 12.8 Å². The van der Waals surface area contributed by atoms with Crippen molar-refractivity contribution in [2.24, 2.45) is 11.5 Å². The van der Waals surface area contributed by atoms with E-state index in [0.717, 1.165) is 0 Å². The van der Waals surface area contributed by atoms with Crippen molar-refractivity contribution in [3.05, 3.63) is 0 Å². The molecule has 108 valence electrons. The van der Waals surface area contributed by atoms with Crippen molar-refractivity contribution in [1.82, 2.24) is 5.32 Å². The number of hydrogen-bond acceptors (Lipinski definition) is 5. The van der Waals surface area contributed by atoms with Gasteiger partial charge in [-0.25, -0.2) is 4.79 Å². The van der Waals surface area contributed by atoms with Gasteiger partial charge in [0.25, 0.3) is 0 Å². The van der Waals surface area contributed by atoms with Gasteiger partial charge in [-0.2, -0.15) is 0 Å². The molecule has 7 N–H and O–H groups in total. The summed E-state index contributed by atoms with van der Waals surface area (Å²) in [6.45, 7) is 0. The molecule has 0 heterocycles. The molecule has 0 aromatic heterocycles. The van der Waals surface area contributed by atoms with Crippen molar-refractivity contribution in [3.8, 4) is 0 Å². The van der Waals surface area contributed by atoms with Crippen molar-refractivity contribution < 1.29 is 29.4 Å². The highest BCUT2D eigenvalue weighted by Gasteiger charge is 2.23. The standard InChI is InChI=1S/C10H17N3O6/c11-5(1-4-8(15)16)9(17)13-6(10(18)19)2-3-7(12)14/h5-6H,1-4,11H2,(H2,12,14)(H,13,17)(H,15,16)(H,18,19). The van der Waals surface area contributed by atoms with Gasteiger partial charge in [-0.05, 0) is 12.8 Å². The van der Waals surface area contributed by atoms with Crippen LogP contribution in [0.1, 0.15) is 25.7 Å². The number of aliphatic carboxylic acids is 2. The van der Waals surface area contributed by atoms with Crippen LogP contribution in [0.25, 0.3) is 0 Å². The van der Waals surface area contributed by atoms with E-state index < -0.39 is 35.8 Å². The SMILES string of the molecule is NC(=O)CCC(NC(=O)C(N)CCC(=O)O)C(=O)O. The Morgan fingerprint density at radius 1 is 1.05 bits per heavy atom. The lowest BCUT2D eigenvalue weighted by Gasteiger charge is -2.16. The van der Waals surface area contributed by atoms with Crippen LogP contribution in [0.2, 0.25) is 0 Å². The van der Waals surface area contributed by atoms with E-state index in [4.69, 9.17) is 21.7 Å². The van der Waals surface area contributed by atoms with Crippen LogP contribution in [0, 0.1) is 0 Å². The first-order chi connectivity index (χ1) is 8.73. The molecule has 2 unspecified atom stereocenters. The van der Waals surface area contributed by atoms with Crippen LogP contribution in [0.5, 0.6) is 0 Å². The van der Waals surface area contributed by atoms with Crippen molar-refractivity contribution in [2.75, 3.05) is 0 Å². The molecule has 0 aliphatic rings. The predicted molar refractivity (Wildman–Crippen MR) is 62.8 cm³/mol. The quantitative estimate of drug-likeness (QED) is 0.324. The van der Waals surface area contributed by atoms with Crippen LogP contribution in [0.4, 0.5) is 0 Å². The molecule has 9 nitrogen and oxygen atoms in total. The lowest BCUT2D eigenvalue weighted by molar-refractivity contribution is -0.142. The maximum absolute atomic E-state index is 11.5. The zero-order chi connectivity index (χ0) is 15.0. The maximum atomic E-state index is 11.5. The molecule has 0 saturated heterocycles. The monoisotopic (exact) mass is 275 g/mol. The molecule has 0 aliphatic heterocycles. The molecule has 0 fully saturated rings. The number of nitrogens with two attached hydrogens (primary N) is 2.